The van der Waals surface area contributed by atoms with E-state index in [1.54, 1.807) is 16.7 Å². The quantitative estimate of drug-likeness (QED) is 0.547. The molecule has 9 nitrogen and oxygen atoms in total. The predicted octanol–water partition coefficient (Wildman–Crippen LogP) is 1.40. The fourth-order valence-corrected chi connectivity index (χ4v) is 5.84. The van der Waals surface area contributed by atoms with Crippen molar-refractivity contribution < 1.29 is 33.4 Å². The van der Waals surface area contributed by atoms with Crippen LogP contribution in [-0.4, -0.2) is 59.6 Å². The average molecular weight is 428 g/mol. The Bertz CT molecular complexity index is 853. The monoisotopic (exact) mass is 428 g/mol. The molecule has 0 bridgehead atoms. The fraction of sp³-hybridized carbons (Fsp3) is 0.529. The molecule has 2 atom stereocenters. The van der Waals surface area contributed by atoms with Crippen molar-refractivity contribution in [3.63, 3.8) is 0 Å². The van der Waals surface area contributed by atoms with E-state index in [0.29, 0.717) is 18.6 Å². The number of nitrogen functional groups attached to an aromatic ring is 1. The van der Waals surface area contributed by atoms with Crippen LogP contribution < -0.4 is 5.73 Å². The van der Waals surface area contributed by atoms with Crippen molar-refractivity contribution in [2.75, 3.05) is 25.7 Å². The standard InChI is InChI=1S/C17H20N2O7S2/c1-17-5-4-10(20)19(17)9(7-27-17)14(21)26-6-8-11(15(22)24-2)13(18)28-12(8)16(23)25-3/h9H,4-7,18H2,1-3H3/t9-,17-/m0/s1. The maximum atomic E-state index is 12.7. The van der Waals surface area contributed by atoms with Gasteiger partial charge >= 0.3 is 17.9 Å². The largest absolute Gasteiger partial charge is 0.465 e. The first-order valence-electron chi connectivity index (χ1n) is 8.44. The molecule has 0 unspecified atom stereocenters. The van der Waals surface area contributed by atoms with Crippen LogP contribution in [0.2, 0.25) is 0 Å². The molecule has 0 aromatic carbocycles. The molecule has 0 aliphatic carbocycles. The number of nitrogens with two attached hydrogens (primary N) is 1. The Hall–Kier alpha value is -2.27. The molecule has 152 valence electrons. The van der Waals surface area contributed by atoms with E-state index in [-0.39, 0.29) is 33.5 Å². The van der Waals surface area contributed by atoms with Gasteiger partial charge in [0.2, 0.25) is 5.91 Å². The van der Waals surface area contributed by atoms with Crippen LogP contribution in [0.25, 0.3) is 0 Å². The summed E-state index contributed by atoms with van der Waals surface area (Å²) < 4.78 is 14.8. The Morgan fingerprint density at radius 1 is 1.25 bits per heavy atom. The van der Waals surface area contributed by atoms with Crippen LogP contribution in [0.4, 0.5) is 5.00 Å². The zero-order chi connectivity index (χ0) is 20.6. The maximum absolute atomic E-state index is 12.7. The van der Waals surface area contributed by atoms with Crippen molar-refractivity contribution in [3.8, 4) is 0 Å². The minimum absolute atomic E-state index is 0.0245. The molecular formula is C17H20N2O7S2. The van der Waals surface area contributed by atoms with Crippen molar-refractivity contribution in [1.29, 1.82) is 0 Å². The minimum atomic E-state index is -0.742. The molecule has 2 saturated heterocycles. The predicted molar refractivity (Wildman–Crippen MR) is 102 cm³/mol. The van der Waals surface area contributed by atoms with Crippen LogP contribution in [0.15, 0.2) is 0 Å². The second kappa shape index (κ2) is 7.63. The van der Waals surface area contributed by atoms with Crippen molar-refractivity contribution in [1.82, 2.24) is 4.90 Å². The summed E-state index contributed by atoms with van der Waals surface area (Å²) in [7, 11) is 2.38. The van der Waals surface area contributed by atoms with E-state index >= 15 is 0 Å². The first-order valence-corrected chi connectivity index (χ1v) is 10.2. The van der Waals surface area contributed by atoms with Crippen LogP contribution >= 0.6 is 23.1 Å². The molecule has 11 heteroatoms. The molecule has 3 rings (SSSR count). The molecule has 0 spiro atoms. The first kappa shape index (κ1) is 20.5. The number of hydrogen-bond donors (Lipinski definition) is 1. The van der Waals surface area contributed by atoms with Gasteiger partial charge in [0.15, 0.2) is 0 Å². The summed E-state index contributed by atoms with van der Waals surface area (Å²) in [4.78, 5) is 50.2. The SMILES string of the molecule is COC(=O)c1sc(N)c(C(=O)OC)c1COC(=O)[C@@H]1CS[C@@]2(C)CCC(=O)N12. The highest BCUT2D eigenvalue weighted by atomic mass is 32.2. The van der Waals surface area contributed by atoms with E-state index < -0.39 is 28.8 Å². The van der Waals surface area contributed by atoms with Crippen molar-refractivity contribution >= 4 is 51.9 Å². The number of fused-ring (bicyclic) bond motifs is 1. The second-order valence-corrected chi connectivity index (χ2v) is 9.06. The number of hydrogen-bond acceptors (Lipinski definition) is 10. The third-order valence-electron chi connectivity index (χ3n) is 4.87. The number of nitrogens with zero attached hydrogens (tertiary/aromatic N) is 1. The van der Waals surface area contributed by atoms with E-state index in [4.69, 9.17) is 19.9 Å². The van der Waals surface area contributed by atoms with Crippen LogP contribution in [0.1, 0.15) is 45.4 Å². The van der Waals surface area contributed by atoms with Crippen LogP contribution in [0.5, 0.6) is 0 Å². The zero-order valence-corrected chi connectivity index (χ0v) is 17.2. The molecule has 1 aromatic rings. The lowest BCUT2D eigenvalue weighted by Crippen LogP contribution is -2.46. The summed E-state index contributed by atoms with van der Waals surface area (Å²) in [6, 6.07) is -0.705. The third kappa shape index (κ3) is 3.32. The highest BCUT2D eigenvalue weighted by Crippen LogP contribution is 2.47. The van der Waals surface area contributed by atoms with Crippen LogP contribution in [-0.2, 0) is 30.4 Å². The molecule has 0 radical (unpaired) electrons. The summed E-state index contributed by atoms with van der Waals surface area (Å²) in [6.07, 6.45) is 1.08. The lowest BCUT2D eigenvalue weighted by molar-refractivity contribution is -0.154. The van der Waals surface area contributed by atoms with Gasteiger partial charge in [-0.25, -0.2) is 14.4 Å². The number of carbonyl (C=O) groups is 4. The smallest absolute Gasteiger partial charge is 0.348 e. The number of carbonyl (C=O) groups excluding carboxylic acids is 4. The maximum Gasteiger partial charge on any atom is 0.348 e. The van der Waals surface area contributed by atoms with Gasteiger partial charge in [0.1, 0.15) is 28.1 Å². The number of thioether (sulfide) groups is 1. The van der Waals surface area contributed by atoms with E-state index in [0.717, 1.165) is 11.3 Å². The van der Waals surface area contributed by atoms with Gasteiger partial charge in [0.25, 0.3) is 0 Å². The molecule has 3 heterocycles. The number of amides is 1. The number of thiophene rings is 1. The first-order chi connectivity index (χ1) is 13.2. The molecule has 2 aliphatic heterocycles. The van der Waals surface area contributed by atoms with Gasteiger partial charge in [-0.05, 0) is 13.3 Å². The number of methoxy groups -OCH3 is 2. The molecule has 1 aromatic heterocycles. The van der Waals surface area contributed by atoms with Gasteiger partial charge in [-0.3, -0.25) is 4.79 Å². The summed E-state index contributed by atoms with van der Waals surface area (Å²) in [6.45, 7) is 1.57. The van der Waals surface area contributed by atoms with Crippen molar-refractivity contribution in [2.45, 2.75) is 37.3 Å². The van der Waals surface area contributed by atoms with Gasteiger partial charge in [-0.15, -0.1) is 23.1 Å². The van der Waals surface area contributed by atoms with Gasteiger partial charge in [-0.2, -0.15) is 0 Å². The number of esters is 3. The lowest BCUT2D eigenvalue weighted by atomic mass is 10.1. The van der Waals surface area contributed by atoms with Gasteiger partial charge in [-0.1, -0.05) is 0 Å². The molecule has 28 heavy (non-hydrogen) atoms. The Labute approximate surface area is 169 Å². The van der Waals surface area contributed by atoms with Crippen molar-refractivity contribution in [2.24, 2.45) is 0 Å². The molecule has 2 aliphatic rings. The summed E-state index contributed by atoms with van der Waals surface area (Å²) in [5.41, 5.74) is 5.97. The highest BCUT2D eigenvalue weighted by Gasteiger charge is 2.53. The molecule has 2 N–H and O–H groups in total. The molecule has 2 fully saturated rings. The highest BCUT2D eigenvalue weighted by molar-refractivity contribution is 8.01. The average Bonchev–Trinajstić information content (AvgIpc) is 3.29. The van der Waals surface area contributed by atoms with Gasteiger partial charge < -0.3 is 24.8 Å². The lowest BCUT2D eigenvalue weighted by Gasteiger charge is -2.29. The number of anilines is 1. The third-order valence-corrected chi connectivity index (χ3v) is 7.42. The Balaban J connectivity index is 1.82. The topological polar surface area (TPSA) is 125 Å². The summed E-state index contributed by atoms with van der Waals surface area (Å²) in [5, 5.41) is 0.0667. The molecule has 0 saturated carbocycles. The minimum Gasteiger partial charge on any atom is -0.465 e. The summed E-state index contributed by atoms with van der Waals surface area (Å²) >= 11 is 2.40. The fourth-order valence-electron chi connectivity index (χ4n) is 3.44. The Kier molecular flexibility index (Phi) is 5.57. The van der Waals surface area contributed by atoms with E-state index in [1.807, 2.05) is 6.92 Å². The Morgan fingerprint density at radius 2 is 1.93 bits per heavy atom. The van der Waals surface area contributed by atoms with Gasteiger partial charge in [0, 0.05) is 17.7 Å². The van der Waals surface area contributed by atoms with Gasteiger partial charge in [0.05, 0.1) is 19.1 Å². The molecular weight excluding hydrogens is 408 g/mol. The zero-order valence-electron chi connectivity index (χ0n) is 15.6. The number of ether oxygens (including phenoxy) is 3. The Morgan fingerprint density at radius 3 is 2.57 bits per heavy atom. The van der Waals surface area contributed by atoms with Crippen LogP contribution in [0, 0.1) is 0 Å². The normalized spacial score (nSPS) is 23.5. The second-order valence-electron chi connectivity index (χ2n) is 6.51. The van der Waals surface area contributed by atoms with E-state index in [1.165, 1.54) is 14.2 Å². The molecule has 1 amide bonds. The van der Waals surface area contributed by atoms with E-state index in [2.05, 4.69) is 0 Å². The number of rotatable bonds is 5. The van der Waals surface area contributed by atoms with Crippen LogP contribution in [0.3, 0.4) is 0 Å². The van der Waals surface area contributed by atoms with E-state index in [9.17, 15) is 19.2 Å². The summed E-state index contributed by atoms with van der Waals surface area (Å²) in [5.74, 6) is -1.69. The van der Waals surface area contributed by atoms with Crippen molar-refractivity contribution in [3.05, 3.63) is 16.0 Å².